The van der Waals surface area contributed by atoms with E-state index in [1.54, 1.807) is 4.90 Å². The van der Waals surface area contributed by atoms with Gasteiger partial charge in [-0.2, -0.15) is 5.10 Å². The summed E-state index contributed by atoms with van der Waals surface area (Å²) in [5.74, 6) is 0.0176. The zero-order chi connectivity index (χ0) is 20.1. The number of hydrogen-bond donors (Lipinski definition) is 0. The molecule has 0 radical (unpaired) electrons. The zero-order valence-electron chi connectivity index (χ0n) is 16.4. The van der Waals surface area contributed by atoms with Gasteiger partial charge < -0.3 is 4.90 Å². The van der Waals surface area contributed by atoms with Crippen molar-refractivity contribution >= 4 is 5.91 Å². The third-order valence-electron chi connectivity index (χ3n) is 4.91. The SMILES string of the molecule is CN(Cc1cnn(-c2ccccc2)c1)C(=O)c1ccccc1Cc1ccccc1. The number of carbonyl (C=O) groups excluding carboxylic acids is 1. The summed E-state index contributed by atoms with van der Waals surface area (Å²) in [6, 6.07) is 28.0. The van der Waals surface area contributed by atoms with Gasteiger partial charge in [0, 0.05) is 30.9 Å². The van der Waals surface area contributed by atoms with Crippen molar-refractivity contribution in [3.63, 3.8) is 0 Å². The molecule has 4 heteroatoms. The standard InChI is InChI=1S/C25H23N3O/c1-27(18-21-17-26-28(19-21)23-13-6-3-7-14-23)25(29)24-15-9-8-12-22(24)16-20-10-4-2-5-11-20/h2-15,17,19H,16,18H2,1H3. The van der Waals surface area contributed by atoms with Gasteiger partial charge in [-0.25, -0.2) is 4.68 Å². The lowest BCUT2D eigenvalue weighted by atomic mass is 9.99. The average molecular weight is 381 g/mol. The molecule has 4 nitrogen and oxygen atoms in total. The van der Waals surface area contributed by atoms with Gasteiger partial charge in [0.15, 0.2) is 0 Å². The minimum atomic E-state index is 0.0176. The second-order valence-corrected chi connectivity index (χ2v) is 7.11. The molecule has 0 saturated heterocycles. The largest absolute Gasteiger partial charge is 0.337 e. The fourth-order valence-corrected chi connectivity index (χ4v) is 3.41. The minimum Gasteiger partial charge on any atom is -0.337 e. The summed E-state index contributed by atoms with van der Waals surface area (Å²) in [7, 11) is 1.83. The molecular formula is C25H23N3O. The van der Waals surface area contributed by atoms with E-state index in [1.165, 1.54) is 5.56 Å². The second kappa shape index (κ2) is 8.57. The number of carbonyl (C=O) groups is 1. The Morgan fingerprint density at radius 1 is 0.862 bits per heavy atom. The van der Waals surface area contributed by atoms with Crippen LogP contribution in [-0.4, -0.2) is 27.6 Å². The van der Waals surface area contributed by atoms with E-state index in [9.17, 15) is 4.79 Å². The zero-order valence-corrected chi connectivity index (χ0v) is 16.4. The summed E-state index contributed by atoms with van der Waals surface area (Å²) in [6.07, 6.45) is 4.52. The Hall–Kier alpha value is -3.66. The van der Waals surface area contributed by atoms with Gasteiger partial charge >= 0.3 is 0 Å². The Labute approximate surface area is 171 Å². The van der Waals surface area contributed by atoms with Crippen LogP contribution < -0.4 is 0 Å². The van der Waals surface area contributed by atoms with Crippen molar-refractivity contribution in [2.75, 3.05) is 7.05 Å². The molecule has 0 aliphatic rings. The molecule has 29 heavy (non-hydrogen) atoms. The molecule has 0 unspecified atom stereocenters. The first-order valence-electron chi connectivity index (χ1n) is 9.67. The van der Waals surface area contributed by atoms with Crippen LogP contribution in [0.1, 0.15) is 27.0 Å². The number of amides is 1. The summed E-state index contributed by atoms with van der Waals surface area (Å²) in [4.78, 5) is 14.9. The van der Waals surface area contributed by atoms with Crippen molar-refractivity contribution in [3.8, 4) is 5.69 Å². The highest BCUT2D eigenvalue weighted by atomic mass is 16.2. The topological polar surface area (TPSA) is 38.1 Å². The number of benzene rings is 3. The van der Waals surface area contributed by atoms with Crippen LogP contribution >= 0.6 is 0 Å². The molecule has 0 aliphatic carbocycles. The van der Waals surface area contributed by atoms with E-state index in [0.29, 0.717) is 6.54 Å². The molecule has 1 amide bonds. The van der Waals surface area contributed by atoms with Crippen LogP contribution in [-0.2, 0) is 13.0 Å². The molecule has 3 aromatic carbocycles. The lowest BCUT2D eigenvalue weighted by molar-refractivity contribution is 0.0784. The third-order valence-corrected chi connectivity index (χ3v) is 4.91. The van der Waals surface area contributed by atoms with Crippen LogP contribution in [0.2, 0.25) is 0 Å². The summed E-state index contributed by atoms with van der Waals surface area (Å²) >= 11 is 0. The number of para-hydroxylation sites is 1. The molecule has 0 bridgehead atoms. The second-order valence-electron chi connectivity index (χ2n) is 7.11. The molecule has 0 aliphatic heterocycles. The summed E-state index contributed by atoms with van der Waals surface area (Å²) < 4.78 is 1.83. The van der Waals surface area contributed by atoms with E-state index in [1.807, 2.05) is 96.9 Å². The first-order chi connectivity index (χ1) is 14.2. The van der Waals surface area contributed by atoms with Crippen LogP contribution in [0.4, 0.5) is 0 Å². The predicted molar refractivity (Wildman–Crippen MR) is 115 cm³/mol. The number of nitrogens with zero attached hydrogens (tertiary/aromatic N) is 3. The summed E-state index contributed by atoms with van der Waals surface area (Å²) in [5, 5.41) is 4.42. The Morgan fingerprint density at radius 3 is 2.28 bits per heavy atom. The first kappa shape index (κ1) is 18.7. The maximum absolute atomic E-state index is 13.1. The van der Waals surface area contributed by atoms with Crippen molar-refractivity contribution in [2.24, 2.45) is 0 Å². The average Bonchev–Trinajstić information content (AvgIpc) is 3.23. The van der Waals surface area contributed by atoms with E-state index >= 15 is 0 Å². The van der Waals surface area contributed by atoms with E-state index in [2.05, 4.69) is 17.2 Å². The van der Waals surface area contributed by atoms with Gasteiger partial charge in [-0.05, 0) is 35.7 Å². The maximum atomic E-state index is 13.1. The Kier molecular flexibility index (Phi) is 5.52. The van der Waals surface area contributed by atoms with Gasteiger partial charge in [0.2, 0.25) is 0 Å². The predicted octanol–water partition coefficient (Wildman–Crippen LogP) is 4.74. The molecule has 1 heterocycles. The highest BCUT2D eigenvalue weighted by molar-refractivity contribution is 5.95. The molecular weight excluding hydrogens is 358 g/mol. The van der Waals surface area contributed by atoms with Crippen LogP contribution in [0, 0.1) is 0 Å². The van der Waals surface area contributed by atoms with Crippen LogP contribution in [0.15, 0.2) is 97.3 Å². The Balaban J connectivity index is 1.50. The molecule has 0 saturated carbocycles. The van der Waals surface area contributed by atoms with Gasteiger partial charge in [-0.15, -0.1) is 0 Å². The lowest BCUT2D eigenvalue weighted by Gasteiger charge is -2.18. The van der Waals surface area contributed by atoms with E-state index in [0.717, 1.165) is 28.8 Å². The van der Waals surface area contributed by atoms with Crippen LogP contribution in [0.3, 0.4) is 0 Å². The van der Waals surface area contributed by atoms with Crippen molar-refractivity contribution in [1.82, 2.24) is 14.7 Å². The fraction of sp³-hybridized carbons (Fsp3) is 0.120. The van der Waals surface area contributed by atoms with Crippen molar-refractivity contribution in [1.29, 1.82) is 0 Å². The van der Waals surface area contributed by atoms with E-state index in [-0.39, 0.29) is 5.91 Å². The summed E-state index contributed by atoms with van der Waals surface area (Å²) in [6.45, 7) is 0.505. The van der Waals surface area contributed by atoms with Crippen molar-refractivity contribution < 1.29 is 4.79 Å². The van der Waals surface area contributed by atoms with Gasteiger partial charge in [0.1, 0.15) is 0 Å². The molecule has 0 atom stereocenters. The highest BCUT2D eigenvalue weighted by Gasteiger charge is 2.16. The molecule has 4 aromatic rings. The number of hydrogen-bond acceptors (Lipinski definition) is 2. The Bertz CT molecular complexity index is 1090. The minimum absolute atomic E-state index is 0.0176. The summed E-state index contributed by atoms with van der Waals surface area (Å²) in [5.41, 5.74) is 4.97. The van der Waals surface area contributed by atoms with Crippen molar-refractivity contribution in [3.05, 3.63) is 120 Å². The normalized spacial score (nSPS) is 10.7. The van der Waals surface area contributed by atoms with Crippen molar-refractivity contribution in [2.45, 2.75) is 13.0 Å². The lowest BCUT2D eigenvalue weighted by Crippen LogP contribution is -2.27. The smallest absolute Gasteiger partial charge is 0.254 e. The third kappa shape index (κ3) is 4.43. The van der Waals surface area contributed by atoms with E-state index < -0.39 is 0 Å². The first-order valence-corrected chi connectivity index (χ1v) is 9.67. The molecule has 4 rings (SSSR count). The molecule has 0 spiro atoms. The monoisotopic (exact) mass is 381 g/mol. The molecule has 0 N–H and O–H groups in total. The number of aromatic nitrogens is 2. The van der Waals surface area contributed by atoms with Gasteiger partial charge in [0.05, 0.1) is 11.9 Å². The van der Waals surface area contributed by atoms with Gasteiger partial charge in [-0.1, -0.05) is 66.7 Å². The fourth-order valence-electron chi connectivity index (χ4n) is 3.41. The molecule has 0 fully saturated rings. The number of rotatable bonds is 6. The maximum Gasteiger partial charge on any atom is 0.254 e. The molecule has 1 aromatic heterocycles. The quantitative estimate of drug-likeness (QED) is 0.484. The van der Waals surface area contributed by atoms with Gasteiger partial charge in [-0.3, -0.25) is 4.79 Å². The molecule has 144 valence electrons. The van der Waals surface area contributed by atoms with E-state index in [4.69, 9.17) is 0 Å². The van der Waals surface area contributed by atoms with Crippen LogP contribution in [0.25, 0.3) is 5.69 Å². The van der Waals surface area contributed by atoms with Crippen LogP contribution in [0.5, 0.6) is 0 Å². The highest BCUT2D eigenvalue weighted by Crippen LogP contribution is 2.17. The Morgan fingerprint density at radius 2 is 1.52 bits per heavy atom. The van der Waals surface area contributed by atoms with Gasteiger partial charge in [0.25, 0.3) is 5.91 Å².